The van der Waals surface area contributed by atoms with E-state index in [0.717, 1.165) is 25.9 Å². The molecule has 0 spiro atoms. The zero-order valence-electron chi connectivity index (χ0n) is 13.5. The van der Waals surface area contributed by atoms with E-state index < -0.39 is 0 Å². The molecule has 2 rings (SSSR count). The molecule has 1 aliphatic rings. The first-order valence-electron chi connectivity index (χ1n) is 7.36. The third-order valence-electron chi connectivity index (χ3n) is 3.60. The highest BCUT2D eigenvalue weighted by Gasteiger charge is 2.32. The molecule has 1 N–H and O–H groups in total. The molecule has 0 amide bonds. The average Bonchev–Trinajstić information content (AvgIpc) is 2.46. The molecule has 0 radical (unpaired) electrons. The summed E-state index contributed by atoms with van der Waals surface area (Å²) in [6.07, 6.45) is 2.11. The van der Waals surface area contributed by atoms with Gasteiger partial charge in [0.25, 0.3) is 0 Å². The molecule has 2 heterocycles. The SMILES string of the molecule is CNc1nc(OC(C)C)nc(N2CCCC(C)(OC)C2)n1. The summed E-state index contributed by atoms with van der Waals surface area (Å²) in [7, 11) is 3.54. The fourth-order valence-electron chi connectivity index (χ4n) is 2.41. The van der Waals surface area contributed by atoms with Crippen LogP contribution < -0.4 is 15.0 Å². The first-order chi connectivity index (χ1) is 9.95. The zero-order valence-corrected chi connectivity index (χ0v) is 13.5. The molecule has 118 valence electrons. The van der Waals surface area contributed by atoms with Gasteiger partial charge in [0.1, 0.15) is 0 Å². The van der Waals surface area contributed by atoms with Gasteiger partial charge in [0.15, 0.2) is 0 Å². The van der Waals surface area contributed by atoms with Crippen molar-refractivity contribution in [3.8, 4) is 6.01 Å². The number of methoxy groups -OCH3 is 1. The van der Waals surface area contributed by atoms with Gasteiger partial charge < -0.3 is 19.7 Å². The van der Waals surface area contributed by atoms with Gasteiger partial charge in [-0.3, -0.25) is 0 Å². The van der Waals surface area contributed by atoms with Crippen LogP contribution in [0.5, 0.6) is 6.01 Å². The Labute approximate surface area is 126 Å². The summed E-state index contributed by atoms with van der Waals surface area (Å²) in [5, 5.41) is 2.95. The van der Waals surface area contributed by atoms with Crippen molar-refractivity contribution in [2.75, 3.05) is 37.5 Å². The van der Waals surface area contributed by atoms with Gasteiger partial charge in [-0.05, 0) is 33.6 Å². The molecule has 7 heteroatoms. The second kappa shape index (κ2) is 6.43. The zero-order chi connectivity index (χ0) is 15.5. The minimum Gasteiger partial charge on any atom is -0.461 e. The summed E-state index contributed by atoms with van der Waals surface area (Å²) in [5.74, 6) is 1.15. The quantitative estimate of drug-likeness (QED) is 0.886. The number of aromatic nitrogens is 3. The van der Waals surface area contributed by atoms with Crippen molar-refractivity contribution in [3.63, 3.8) is 0 Å². The van der Waals surface area contributed by atoms with Gasteiger partial charge in [-0.1, -0.05) is 0 Å². The van der Waals surface area contributed by atoms with Gasteiger partial charge in [-0.15, -0.1) is 0 Å². The van der Waals surface area contributed by atoms with E-state index in [1.165, 1.54) is 0 Å². The lowest BCUT2D eigenvalue weighted by atomic mass is 9.95. The summed E-state index contributed by atoms with van der Waals surface area (Å²) in [4.78, 5) is 15.2. The molecular weight excluding hydrogens is 270 g/mol. The van der Waals surface area contributed by atoms with Crippen LogP contribution in [-0.2, 0) is 4.74 Å². The number of ether oxygens (including phenoxy) is 2. The lowest BCUT2D eigenvalue weighted by molar-refractivity contribution is -0.00503. The van der Waals surface area contributed by atoms with Gasteiger partial charge >= 0.3 is 6.01 Å². The number of rotatable bonds is 5. The lowest BCUT2D eigenvalue weighted by Gasteiger charge is -2.39. The lowest BCUT2D eigenvalue weighted by Crippen LogP contribution is -2.48. The molecule has 1 aromatic heterocycles. The van der Waals surface area contributed by atoms with Gasteiger partial charge in [0.2, 0.25) is 11.9 Å². The van der Waals surface area contributed by atoms with Crippen molar-refractivity contribution in [1.29, 1.82) is 0 Å². The molecule has 0 aromatic carbocycles. The van der Waals surface area contributed by atoms with Gasteiger partial charge in [-0.2, -0.15) is 15.0 Å². The first kappa shape index (κ1) is 15.8. The summed E-state index contributed by atoms with van der Waals surface area (Å²) in [5.41, 5.74) is -0.163. The van der Waals surface area contributed by atoms with Crippen molar-refractivity contribution in [2.24, 2.45) is 0 Å². The highest BCUT2D eigenvalue weighted by atomic mass is 16.5. The van der Waals surface area contributed by atoms with E-state index in [-0.39, 0.29) is 11.7 Å². The standard InChI is InChI=1S/C14H25N5O2/c1-10(2)21-13-17-11(15-4)16-12(18-13)19-8-6-7-14(3,9-19)20-5/h10H,6-9H2,1-5H3,(H,15,16,17,18). The highest BCUT2D eigenvalue weighted by molar-refractivity contribution is 5.39. The van der Waals surface area contributed by atoms with Crippen molar-refractivity contribution >= 4 is 11.9 Å². The monoisotopic (exact) mass is 295 g/mol. The Morgan fingerprint density at radius 1 is 1.29 bits per heavy atom. The van der Waals surface area contributed by atoms with Crippen LogP contribution in [0.4, 0.5) is 11.9 Å². The van der Waals surface area contributed by atoms with Crippen molar-refractivity contribution in [1.82, 2.24) is 15.0 Å². The number of hydrogen-bond donors (Lipinski definition) is 1. The molecule has 0 aliphatic carbocycles. The van der Waals surface area contributed by atoms with Gasteiger partial charge in [-0.25, -0.2) is 0 Å². The Bertz CT molecular complexity index is 482. The van der Waals surface area contributed by atoms with E-state index in [4.69, 9.17) is 9.47 Å². The summed E-state index contributed by atoms with van der Waals surface area (Å²) in [6, 6.07) is 0.351. The van der Waals surface area contributed by atoms with Gasteiger partial charge in [0, 0.05) is 27.2 Å². The Hall–Kier alpha value is -1.63. The maximum Gasteiger partial charge on any atom is 0.323 e. The molecule has 21 heavy (non-hydrogen) atoms. The fourth-order valence-corrected chi connectivity index (χ4v) is 2.41. The number of piperidine rings is 1. The van der Waals surface area contributed by atoms with Gasteiger partial charge in [0.05, 0.1) is 11.7 Å². The van der Waals surface area contributed by atoms with E-state index in [1.54, 1.807) is 14.2 Å². The maximum absolute atomic E-state index is 5.62. The highest BCUT2D eigenvalue weighted by Crippen LogP contribution is 2.27. The molecule has 7 nitrogen and oxygen atoms in total. The number of hydrogen-bond acceptors (Lipinski definition) is 7. The van der Waals surface area contributed by atoms with Crippen LogP contribution in [0.3, 0.4) is 0 Å². The topological polar surface area (TPSA) is 72.4 Å². The van der Waals surface area contributed by atoms with Crippen LogP contribution in [0.1, 0.15) is 33.6 Å². The Morgan fingerprint density at radius 2 is 2.05 bits per heavy atom. The molecule has 1 atom stereocenters. The van der Waals surface area contributed by atoms with E-state index in [2.05, 4.69) is 32.1 Å². The Morgan fingerprint density at radius 3 is 2.67 bits per heavy atom. The van der Waals surface area contributed by atoms with Crippen molar-refractivity contribution in [2.45, 2.75) is 45.3 Å². The largest absolute Gasteiger partial charge is 0.461 e. The van der Waals surface area contributed by atoms with Crippen LogP contribution in [0, 0.1) is 0 Å². The molecule has 0 saturated carbocycles. The van der Waals surface area contributed by atoms with Crippen LogP contribution in [0.15, 0.2) is 0 Å². The molecule has 1 unspecified atom stereocenters. The Kier molecular flexibility index (Phi) is 4.82. The maximum atomic E-state index is 5.62. The normalized spacial score (nSPS) is 22.5. The average molecular weight is 295 g/mol. The second-order valence-corrected chi connectivity index (χ2v) is 5.84. The number of nitrogens with one attached hydrogen (secondary N) is 1. The van der Waals surface area contributed by atoms with E-state index in [0.29, 0.717) is 17.9 Å². The van der Waals surface area contributed by atoms with Crippen LogP contribution >= 0.6 is 0 Å². The number of anilines is 2. The molecule has 1 fully saturated rings. The Balaban J connectivity index is 2.25. The summed E-state index contributed by atoms with van der Waals surface area (Å²) < 4.78 is 11.2. The third-order valence-corrected chi connectivity index (χ3v) is 3.60. The second-order valence-electron chi connectivity index (χ2n) is 5.84. The molecule has 1 aromatic rings. The molecule has 1 saturated heterocycles. The molecule has 0 bridgehead atoms. The van der Waals surface area contributed by atoms with E-state index >= 15 is 0 Å². The predicted octanol–water partition coefficient (Wildman–Crippen LogP) is 1.71. The first-order valence-corrected chi connectivity index (χ1v) is 7.36. The molecule has 1 aliphatic heterocycles. The fraction of sp³-hybridized carbons (Fsp3) is 0.786. The van der Waals surface area contributed by atoms with Crippen LogP contribution in [0.2, 0.25) is 0 Å². The van der Waals surface area contributed by atoms with Crippen molar-refractivity contribution in [3.05, 3.63) is 0 Å². The van der Waals surface area contributed by atoms with Crippen LogP contribution in [-0.4, -0.2) is 53.9 Å². The van der Waals surface area contributed by atoms with Crippen LogP contribution in [0.25, 0.3) is 0 Å². The summed E-state index contributed by atoms with van der Waals surface area (Å²) in [6.45, 7) is 7.69. The summed E-state index contributed by atoms with van der Waals surface area (Å²) >= 11 is 0. The smallest absolute Gasteiger partial charge is 0.323 e. The minimum absolute atomic E-state index is 0.0237. The number of nitrogens with zero attached hydrogens (tertiary/aromatic N) is 4. The predicted molar refractivity (Wildman–Crippen MR) is 82.0 cm³/mol. The van der Waals surface area contributed by atoms with Crippen molar-refractivity contribution < 1.29 is 9.47 Å². The van der Waals surface area contributed by atoms with E-state index in [9.17, 15) is 0 Å². The van der Waals surface area contributed by atoms with E-state index in [1.807, 2.05) is 13.8 Å². The third kappa shape index (κ3) is 3.93. The molecular formula is C14H25N5O2. The minimum atomic E-state index is -0.163.